The van der Waals surface area contributed by atoms with E-state index < -0.39 is 9.84 Å². The van der Waals surface area contributed by atoms with Crippen LogP contribution in [0.3, 0.4) is 0 Å². The summed E-state index contributed by atoms with van der Waals surface area (Å²) in [6.45, 7) is 6.30. The van der Waals surface area contributed by atoms with Crippen LogP contribution in [0.15, 0.2) is 47.4 Å². The molecule has 0 aromatic heterocycles. The number of aryl methyl sites for hydroxylation is 2. The molecule has 32 heavy (non-hydrogen) atoms. The van der Waals surface area contributed by atoms with Crippen LogP contribution in [0.2, 0.25) is 0 Å². The molecule has 0 saturated carbocycles. The molecule has 2 aromatic carbocycles. The molecule has 1 fully saturated rings. The average Bonchev–Trinajstić information content (AvgIpc) is 3.28. The second-order valence-corrected chi connectivity index (χ2v) is 10.7. The Morgan fingerprint density at radius 1 is 0.969 bits per heavy atom. The third kappa shape index (κ3) is 5.51. The molecule has 0 atom stereocenters. The highest BCUT2D eigenvalue weighted by molar-refractivity contribution is 7.91. The summed E-state index contributed by atoms with van der Waals surface area (Å²) in [5, 5.41) is 0. The number of benzene rings is 2. The quantitative estimate of drug-likeness (QED) is 0.611. The van der Waals surface area contributed by atoms with Gasteiger partial charge in [-0.15, -0.1) is 0 Å². The number of hydrogen-bond acceptors (Lipinski definition) is 5. The molecule has 6 nitrogen and oxygen atoms in total. The molecule has 1 heterocycles. The van der Waals surface area contributed by atoms with Crippen LogP contribution < -0.4 is 4.74 Å². The Labute approximate surface area is 191 Å². The van der Waals surface area contributed by atoms with Gasteiger partial charge in [0.25, 0.3) is 0 Å². The van der Waals surface area contributed by atoms with Crippen LogP contribution in [0.4, 0.5) is 0 Å². The van der Waals surface area contributed by atoms with Crippen LogP contribution in [-0.2, 0) is 34.0 Å². The summed E-state index contributed by atoms with van der Waals surface area (Å²) >= 11 is 0. The van der Waals surface area contributed by atoms with Gasteiger partial charge in [0, 0.05) is 39.1 Å². The van der Waals surface area contributed by atoms with E-state index in [9.17, 15) is 13.2 Å². The summed E-state index contributed by atoms with van der Waals surface area (Å²) in [4.78, 5) is 17.1. The minimum atomic E-state index is -3.44. The SMILES string of the molecule is CCOc1ccc(CN2CCN(C(=O)CCS(=O)(=O)c3ccc4c(c3)CCC4)CC2)cc1. The van der Waals surface area contributed by atoms with Crippen LogP contribution in [0.1, 0.15) is 36.5 Å². The number of nitrogens with zero attached hydrogens (tertiary/aromatic N) is 2. The van der Waals surface area contributed by atoms with Crippen molar-refractivity contribution in [3.8, 4) is 5.75 Å². The van der Waals surface area contributed by atoms with Gasteiger partial charge in [0.1, 0.15) is 5.75 Å². The van der Waals surface area contributed by atoms with Crippen molar-refractivity contribution in [2.75, 3.05) is 38.5 Å². The number of fused-ring (bicyclic) bond motifs is 1. The number of hydrogen-bond donors (Lipinski definition) is 0. The van der Waals surface area contributed by atoms with Gasteiger partial charge in [-0.3, -0.25) is 9.69 Å². The third-order valence-electron chi connectivity index (χ3n) is 6.38. The molecule has 172 valence electrons. The Balaban J connectivity index is 1.24. The van der Waals surface area contributed by atoms with E-state index in [4.69, 9.17) is 4.74 Å². The van der Waals surface area contributed by atoms with E-state index in [2.05, 4.69) is 17.0 Å². The molecule has 0 bridgehead atoms. The van der Waals surface area contributed by atoms with E-state index in [0.29, 0.717) is 24.6 Å². The highest BCUT2D eigenvalue weighted by Gasteiger charge is 2.24. The van der Waals surface area contributed by atoms with Crippen molar-refractivity contribution in [1.29, 1.82) is 0 Å². The minimum Gasteiger partial charge on any atom is -0.494 e. The van der Waals surface area contributed by atoms with Gasteiger partial charge in [-0.2, -0.15) is 0 Å². The van der Waals surface area contributed by atoms with Gasteiger partial charge in [0.2, 0.25) is 5.91 Å². The predicted molar refractivity (Wildman–Crippen MR) is 125 cm³/mol. The number of ether oxygens (including phenoxy) is 1. The molecule has 1 saturated heterocycles. The summed E-state index contributed by atoms with van der Waals surface area (Å²) in [6, 6.07) is 13.6. The first-order chi connectivity index (χ1) is 15.4. The van der Waals surface area contributed by atoms with Gasteiger partial charge in [0.05, 0.1) is 17.3 Å². The zero-order valence-corrected chi connectivity index (χ0v) is 19.6. The highest BCUT2D eigenvalue weighted by Crippen LogP contribution is 2.25. The summed E-state index contributed by atoms with van der Waals surface area (Å²) < 4.78 is 31.0. The van der Waals surface area contributed by atoms with E-state index >= 15 is 0 Å². The molecule has 4 rings (SSSR count). The van der Waals surface area contributed by atoms with Crippen LogP contribution in [0.5, 0.6) is 5.75 Å². The largest absolute Gasteiger partial charge is 0.494 e. The molecule has 2 aliphatic rings. The smallest absolute Gasteiger partial charge is 0.223 e. The second kappa shape index (κ2) is 10.0. The van der Waals surface area contributed by atoms with Crippen molar-refractivity contribution >= 4 is 15.7 Å². The molecule has 1 amide bonds. The van der Waals surface area contributed by atoms with Crippen molar-refractivity contribution in [3.63, 3.8) is 0 Å². The lowest BCUT2D eigenvalue weighted by Crippen LogP contribution is -2.48. The molecular formula is C25H32N2O4S. The number of rotatable bonds is 8. The fourth-order valence-corrected chi connectivity index (χ4v) is 5.79. The first kappa shape index (κ1) is 22.8. The molecule has 0 N–H and O–H groups in total. The van der Waals surface area contributed by atoms with Gasteiger partial charge >= 0.3 is 0 Å². The van der Waals surface area contributed by atoms with Crippen molar-refractivity contribution in [2.45, 2.75) is 44.0 Å². The maximum atomic E-state index is 12.8. The highest BCUT2D eigenvalue weighted by atomic mass is 32.2. The van der Waals surface area contributed by atoms with Gasteiger partial charge in [-0.05, 0) is 67.1 Å². The van der Waals surface area contributed by atoms with Crippen molar-refractivity contribution < 1.29 is 17.9 Å². The molecule has 1 aliphatic heterocycles. The fraction of sp³-hybridized carbons (Fsp3) is 0.480. The molecule has 0 unspecified atom stereocenters. The number of amides is 1. The van der Waals surface area contributed by atoms with Crippen LogP contribution in [0, 0.1) is 0 Å². The van der Waals surface area contributed by atoms with Gasteiger partial charge in [-0.25, -0.2) is 8.42 Å². The van der Waals surface area contributed by atoms with E-state index in [1.807, 2.05) is 31.2 Å². The molecule has 1 aliphatic carbocycles. The molecule has 2 aromatic rings. The van der Waals surface area contributed by atoms with E-state index in [0.717, 1.165) is 50.2 Å². The van der Waals surface area contributed by atoms with E-state index in [-0.39, 0.29) is 18.1 Å². The Morgan fingerprint density at radius 2 is 1.69 bits per heavy atom. The fourth-order valence-electron chi connectivity index (χ4n) is 4.51. The van der Waals surface area contributed by atoms with E-state index in [1.54, 1.807) is 11.0 Å². The average molecular weight is 457 g/mol. The van der Waals surface area contributed by atoms with Crippen LogP contribution >= 0.6 is 0 Å². The first-order valence-electron chi connectivity index (χ1n) is 11.5. The third-order valence-corrected chi connectivity index (χ3v) is 8.09. The van der Waals surface area contributed by atoms with Gasteiger partial charge in [0.15, 0.2) is 9.84 Å². The van der Waals surface area contributed by atoms with Crippen molar-refractivity contribution in [3.05, 3.63) is 59.2 Å². The lowest BCUT2D eigenvalue weighted by Gasteiger charge is -2.34. The number of carbonyl (C=O) groups is 1. The summed E-state index contributed by atoms with van der Waals surface area (Å²) in [7, 11) is -3.44. The van der Waals surface area contributed by atoms with Gasteiger partial charge in [-0.1, -0.05) is 18.2 Å². The standard InChI is InChI=1S/C25H32N2O4S/c1-2-31-23-9-6-20(7-10-23)19-26-13-15-27(16-14-26)25(28)12-17-32(29,30)24-11-8-21-4-3-5-22(21)18-24/h6-11,18H,2-5,12-17,19H2,1H3. The normalized spacial score (nSPS) is 16.7. The number of sulfone groups is 1. The second-order valence-electron chi connectivity index (χ2n) is 8.59. The lowest BCUT2D eigenvalue weighted by atomic mass is 10.1. The number of piperazine rings is 1. The number of carbonyl (C=O) groups excluding carboxylic acids is 1. The Bertz CT molecular complexity index is 1040. The summed E-state index contributed by atoms with van der Waals surface area (Å²) in [6.07, 6.45) is 3.09. The van der Waals surface area contributed by atoms with Crippen LogP contribution in [-0.4, -0.2) is 62.7 Å². The Morgan fingerprint density at radius 3 is 2.41 bits per heavy atom. The van der Waals surface area contributed by atoms with Crippen LogP contribution in [0.25, 0.3) is 0 Å². The van der Waals surface area contributed by atoms with Gasteiger partial charge < -0.3 is 9.64 Å². The molecule has 7 heteroatoms. The molecule has 0 spiro atoms. The first-order valence-corrected chi connectivity index (χ1v) is 13.2. The zero-order chi connectivity index (χ0) is 22.6. The van der Waals surface area contributed by atoms with E-state index in [1.165, 1.54) is 11.1 Å². The predicted octanol–water partition coefficient (Wildman–Crippen LogP) is 3.08. The molecular weight excluding hydrogens is 424 g/mol. The minimum absolute atomic E-state index is 0.0400. The monoisotopic (exact) mass is 456 g/mol. The lowest BCUT2D eigenvalue weighted by molar-refractivity contribution is -0.132. The topological polar surface area (TPSA) is 66.9 Å². The molecule has 0 radical (unpaired) electrons. The Kier molecular flexibility index (Phi) is 7.16. The zero-order valence-electron chi connectivity index (χ0n) is 18.8. The summed E-state index contributed by atoms with van der Waals surface area (Å²) in [5.74, 6) is 0.675. The summed E-state index contributed by atoms with van der Waals surface area (Å²) in [5.41, 5.74) is 3.61. The van der Waals surface area contributed by atoms with Crippen molar-refractivity contribution in [2.24, 2.45) is 0 Å². The van der Waals surface area contributed by atoms with Crippen molar-refractivity contribution in [1.82, 2.24) is 9.80 Å². The maximum Gasteiger partial charge on any atom is 0.223 e. The Hall–Kier alpha value is -2.38. The maximum absolute atomic E-state index is 12.8.